The molecule has 14 heteroatoms. The van der Waals surface area contributed by atoms with Crippen LogP contribution in [0, 0.1) is 22.7 Å². The molecule has 534 valence electrons. The van der Waals surface area contributed by atoms with Crippen LogP contribution in [0.4, 0.5) is 0 Å². The van der Waals surface area contributed by atoms with Crippen molar-refractivity contribution < 1.29 is 18.1 Å². The average molecular weight is 1510 g/mol. The van der Waals surface area contributed by atoms with E-state index in [1.807, 2.05) is 224 Å². The minimum Gasteiger partial charge on any atom is -0.455 e. The number of para-hydroxylation sites is 2. The van der Waals surface area contributed by atoms with Gasteiger partial charge >= 0.3 is 7.12 Å². The Hall–Kier alpha value is -13.9. The molecule has 4 aromatic heterocycles. The molecule has 0 saturated carbocycles. The van der Waals surface area contributed by atoms with Gasteiger partial charge in [0.05, 0.1) is 34.5 Å². The molecule has 0 radical (unpaired) electrons. The van der Waals surface area contributed by atoms with Gasteiger partial charge in [-0.1, -0.05) is 301 Å². The van der Waals surface area contributed by atoms with Gasteiger partial charge in [0.25, 0.3) is 0 Å². The largest absolute Gasteiger partial charge is 0.495 e. The maximum atomic E-state index is 9.18. The zero-order valence-electron chi connectivity index (χ0n) is 61.5. The first-order chi connectivity index (χ1) is 54.8. The Morgan fingerprint density at radius 2 is 0.545 bits per heavy atom. The zero-order chi connectivity index (χ0) is 76.3. The first-order valence-electron chi connectivity index (χ1n) is 36.9. The summed E-state index contributed by atoms with van der Waals surface area (Å²) < 4.78 is 27.2. The summed E-state index contributed by atoms with van der Waals surface area (Å²) >= 11 is 3.40. The summed E-state index contributed by atoms with van der Waals surface area (Å²) in [6, 6.07) is 118. The quantitative estimate of drug-likeness (QED) is 0.106. The molecule has 112 heavy (non-hydrogen) atoms. The van der Waals surface area contributed by atoms with Crippen molar-refractivity contribution in [3.8, 4) is 136 Å². The molecule has 18 aromatic rings. The third-order valence-corrected chi connectivity index (χ3v) is 21.2. The smallest absolute Gasteiger partial charge is 0.455 e. The molecule has 1 aliphatic rings. The minimum absolute atomic E-state index is 0.451. The Balaban J connectivity index is 0.000000138. The van der Waals surface area contributed by atoms with Crippen LogP contribution in [0.1, 0.15) is 38.8 Å². The topological polar surface area (TPSA) is 170 Å². The van der Waals surface area contributed by atoms with Gasteiger partial charge < -0.3 is 18.1 Å². The van der Waals surface area contributed by atoms with Gasteiger partial charge in [0.1, 0.15) is 22.3 Å². The molecule has 0 amide bonds. The fourth-order valence-electron chi connectivity index (χ4n) is 14.0. The minimum atomic E-state index is -0.508. The molecule has 0 aliphatic carbocycles. The highest BCUT2D eigenvalue weighted by atomic mass is 79.9. The first-order valence-corrected chi connectivity index (χ1v) is 37.6. The lowest BCUT2D eigenvalue weighted by Gasteiger charge is -2.32. The van der Waals surface area contributed by atoms with Gasteiger partial charge in [0, 0.05) is 70.5 Å². The predicted molar refractivity (Wildman–Crippen MR) is 453 cm³/mol. The van der Waals surface area contributed by atoms with E-state index in [0.29, 0.717) is 46.1 Å². The number of hydrogen-bond donors (Lipinski definition) is 0. The van der Waals surface area contributed by atoms with Crippen LogP contribution in [-0.4, -0.2) is 48.2 Å². The lowest BCUT2D eigenvalue weighted by Crippen LogP contribution is -2.41. The Labute approximate surface area is 657 Å². The van der Waals surface area contributed by atoms with Crippen LogP contribution in [0.15, 0.2) is 353 Å². The van der Waals surface area contributed by atoms with E-state index < -0.39 is 18.3 Å². The van der Waals surface area contributed by atoms with Crippen molar-refractivity contribution in [1.82, 2.24) is 29.9 Å². The molecule has 19 rings (SSSR count). The molecule has 0 bridgehead atoms. The summed E-state index contributed by atoms with van der Waals surface area (Å²) in [5, 5.41) is 22.1. The molecule has 14 aromatic carbocycles. The van der Waals surface area contributed by atoms with Crippen LogP contribution >= 0.6 is 15.9 Å². The van der Waals surface area contributed by atoms with Crippen LogP contribution in [0.5, 0.6) is 0 Å². The third kappa shape index (κ3) is 14.5. The van der Waals surface area contributed by atoms with Gasteiger partial charge in [0.15, 0.2) is 34.9 Å². The fraction of sp³-hybridized carbons (Fsp3) is 0.0612. The van der Waals surface area contributed by atoms with Crippen LogP contribution in [-0.2, 0) is 9.31 Å². The maximum Gasteiger partial charge on any atom is 0.495 e. The first kappa shape index (κ1) is 71.1. The Morgan fingerprint density at radius 1 is 0.277 bits per heavy atom. The number of nitriles is 2. The van der Waals surface area contributed by atoms with Gasteiger partial charge in [0.2, 0.25) is 0 Å². The maximum absolute atomic E-state index is 9.18. The zero-order valence-corrected chi connectivity index (χ0v) is 63.1. The number of furan rings is 2. The summed E-state index contributed by atoms with van der Waals surface area (Å²) in [7, 11) is -0.508. The van der Waals surface area contributed by atoms with E-state index in [0.717, 1.165) is 143 Å². The summed E-state index contributed by atoms with van der Waals surface area (Å²) in [5.74, 6) is 3.76. The van der Waals surface area contributed by atoms with E-state index >= 15 is 0 Å². The van der Waals surface area contributed by atoms with Crippen LogP contribution in [0.25, 0.3) is 168 Å². The van der Waals surface area contributed by atoms with Gasteiger partial charge in [-0.25, -0.2) is 29.9 Å². The van der Waals surface area contributed by atoms with Crippen LogP contribution in [0.2, 0.25) is 0 Å². The van der Waals surface area contributed by atoms with Gasteiger partial charge in [-0.2, -0.15) is 10.5 Å². The second-order valence-electron chi connectivity index (χ2n) is 28.2. The van der Waals surface area contributed by atoms with Gasteiger partial charge in [-0.05, 0) is 132 Å². The standard InChI is InChI=1S/C46H28N4O.C39H32BN3O3.C13H8BrN/c47-29-30-15-17-31(18-16-30)32-19-21-33(22-20-32)38-27-28-39(43-42(38)40-13-7-8-14-41(40)51-43)34-23-25-37(26-24-34)46-49-44(35-9-3-1-4-10-35)48-45(50-46)36-11-5-2-6-12-36;1-38(2)39(3,4)46-40(45-38)31-24-23-29(34-33(31)30-17-11-12-18-32(30)44-34)25-19-21-28(22-20-25)37-42-35(26-13-7-5-8-14-26)41-36(43-37)27-15-9-6-10-16-27;14-13-7-5-12(6-8-13)11-3-1-10(9-15)2-4-11/h1-28H;5-24H,1-4H3;1-8H. The molecule has 0 atom stereocenters. The highest BCUT2D eigenvalue weighted by molar-refractivity contribution is 9.10. The lowest BCUT2D eigenvalue weighted by molar-refractivity contribution is 0.00578. The summed E-state index contributed by atoms with van der Waals surface area (Å²) in [6.07, 6.45) is 0. The monoisotopic (exact) mass is 1510 g/mol. The number of fused-ring (bicyclic) bond motifs is 6. The molecular weight excluding hydrogens is 1440 g/mol. The van der Waals surface area contributed by atoms with Crippen LogP contribution < -0.4 is 5.46 Å². The fourth-order valence-corrected chi connectivity index (χ4v) is 14.2. The normalized spacial score (nSPS) is 12.7. The van der Waals surface area contributed by atoms with E-state index in [-0.39, 0.29) is 0 Å². The van der Waals surface area contributed by atoms with Crippen molar-refractivity contribution in [1.29, 1.82) is 10.5 Å². The Morgan fingerprint density at radius 3 is 0.911 bits per heavy atom. The van der Waals surface area contributed by atoms with Gasteiger partial charge in [-0.3, -0.25) is 0 Å². The van der Waals surface area contributed by atoms with E-state index in [1.54, 1.807) is 0 Å². The molecule has 0 spiro atoms. The summed E-state index contributed by atoms with van der Waals surface area (Å²) in [6.45, 7) is 8.30. The molecule has 5 heterocycles. The predicted octanol–water partition coefficient (Wildman–Crippen LogP) is 24.4. The SMILES string of the molecule is CC1(C)OB(c2ccc(-c3ccc(-c4nc(-c5ccccc5)nc(-c5ccccc5)n4)cc3)c3oc4ccccc4c23)OC1(C)C.N#Cc1ccc(-c2ccc(-c3ccc(-c4ccc(-c5nc(-c6ccccc6)nc(-c6ccccc6)n5)cc4)c4oc5ccccc5c34)cc2)cc1.N#Cc1ccc(-c2ccc(Br)cc2)cc1. The molecule has 0 N–H and O–H groups in total. The van der Waals surface area contributed by atoms with E-state index in [1.165, 1.54) is 0 Å². The molecule has 12 nitrogen and oxygen atoms in total. The van der Waals surface area contributed by atoms with Crippen molar-refractivity contribution in [3.63, 3.8) is 0 Å². The van der Waals surface area contributed by atoms with Crippen molar-refractivity contribution in [2.45, 2.75) is 38.9 Å². The van der Waals surface area contributed by atoms with E-state index in [4.69, 9.17) is 53.3 Å². The van der Waals surface area contributed by atoms with Crippen molar-refractivity contribution in [2.24, 2.45) is 0 Å². The number of aromatic nitrogens is 6. The molecule has 0 unspecified atom stereocenters. The van der Waals surface area contributed by atoms with E-state index in [2.05, 4.69) is 171 Å². The second-order valence-corrected chi connectivity index (χ2v) is 29.2. The number of nitrogens with zero attached hydrogens (tertiary/aromatic N) is 8. The summed E-state index contributed by atoms with van der Waals surface area (Å²) in [4.78, 5) is 29.2. The highest BCUT2D eigenvalue weighted by Gasteiger charge is 2.52. The molecular formula is C98H68BBrN8O4. The Bertz CT molecular complexity index is 6420. The number of rotatable bonds is 12. The van der Waals surface area contributed by atoms with Crippen molar-refractivity contribution >= 4 is 72.4 Å². The lowest BCUT2D eigenvalue weighted by atomic mass is 9.75. The third-order valence-electron chi connectivity index (χ3n) is 20.6. The number of benzene rings is 14. The van der Waals surface area contributed by atoms with Crippen molar-refractivity contribution in [3.05, 3.63) is 355 Å². The number of hydrogen-bond acceptors (Lipinski definition) is 12. The summed E-state index contributed by atoms with van der Waals surface area (Å²) in [5.41, 5.74) is 21.0. The Kier molecular flexibility index (Phi) is 19.5. The molecule has 1 aliphatic heterocycles. The second kappa shape index (κ2) is 30.7. The van der Waals surface area contributed by atoms with Gasteiger partial charge in [-0.15, -0.1) is 0 Å². The average Bonchev–Trinajstić information content (AvgIpc) is 1.59. The molecule has 1 saturated heterocycles. The van der Waals surface area contributed by atoms with E-state index in [9.17, 15) is 5.26 Å². The highest BCUT2D eigenvalue weighted by Crippen LogP contribution is 2.45. The molecule has 1 fully saturated rings. The van der Waals surface area contributed by atoms with Crippen LogP contribution in [0.3, 0.4) is 0 Å². The number of halogens is 1. The van der Waals surface area contributed by atoms with Crippen molar-refractivity contribution in [2.75, 3.05) is 0 Å².